The van der Waals surface area contributed by atoms with Crippen LogP contribution in [0.4, 0.5) is 5.69 Å². The maximum absolute atomic E-state index is 11.9. The Bertz CT molecular complexity index is 720. The fourth-order valence-electron chi connectivity index (χ4n) is 1.78. The fourth-order valence-corrected chi connectivity index (χ4v) is 1.78. The lowest BCUT2D eigenvalue weighted by Gasteiger charge is -2.08. The van der Waals surface area contributed by atoms with Gasteiger partial charge in [-0.3, -0.25) is 19.7 Å². The van der Waals surface area contributed by atoms with Crippen LogP contribution in [-0.2, 0) is 11.8 Å². The first-order chi connectivity index (χ1) is 9.04. The lowest BCUT2D eigenvalue weighted by molar-refractivity contribution is -0.384. The first kappa shape index (κ1) is 12.7. The minimum Gasteiger partial charge on any atom is -0.480 e. The Morgan fingerprint density at radius 3 is 2.79 bits per heavy atom. The predicted molar refractivity (Wildman–Crippen MR) is 67.4 cm³/mol. The quantitative estimate of drug-likeness (QED) is 0.466. The van der Waals surface area contributed by atoms with Crippen molar-refractivity contribution < 1.29 is 14.5 Å². The van der Waals surface area contributed by atoms with Gasteiger partial charge in [0.25, 0.3) is 11.2 Å². The molecule has 7 nitrogen and oxygen atoms in total. The summed E-state index contributed by atoms with van der Waals surface area (Å²) < 4.78 is 6.32. The third-order valence-electron chi connectivity index (χ3n) is 2.69. The van der Waals surface area contributed by atoms with Gasteiger partial charge in [0.15, 0.2) is 12.0 Å². The second-order valence-electron chi connectivity index (χ2n) is 3.85. The number of aryl methyl sites for hydroxylation is 1. The van der Waals surface area contributed by atoms with E-state index in [-0.39, 0.29) is 18.0 Å². The summed E-state index contributed by atoms with van der Waals surface area (Å²) in [6.45, 7) is -0.240. The summed E-state index contributed by atoms with van der Waals surface area (Å²) in [6.07, 6.45) is 0.525. The molecule has 0 aliphatic rings. The van der Waals surface area contributed by atoms with Crippen LogP contribution in [0.15, 0.2) is 29.1 Å². The van der Waals surface area contributed by atoms with Crippen LogP contribution in [0.5, 0.6) is 5.75 Å². The van der Waals surface area contributed by atoms with Gasteiger partial charge in [0.1, 0.15) is 6.61 Å². The number of nitro groups is 1. The third-order valence-corrected chi connectivity index (χ3v) is 2.69. The molecule has 0 amide bonds. The Morgan fingerprint density at radius 2 is 2.16 bits per heavy atom. The van der Waals surface area contributed by atoms with Crippen molar-refractivity contribution in [1.82, 2.24) is 4.57 Å². The number of hydrogen-bond donors (Lipinski definition) is 0. The van der Waals surface area contributed by atoms with Crippen LogP contribution in [0, 0.1) is 10.1 Å². The van der Waals surface area contributed by atoms with Crippen LogP contribution in [-0.4, -0.2) is 22.4 Å². The maximum Gasteiger partial charge on any atom is 0.293 e. The van der Waals surface area contributed by atoms with Crippen molar-refractivity contribution >= 4 is 22.9 Å². The van der Waals surface area contributed by atoms with E-state index in [0.29, 0.717) is 17.2 Å². The molecule has 0 atom stereocenters. The highest BCUT2D eigenvalue weighted by atomic mass is 16.6. The highest BCUT2D eigenvalue weighted by Gasteiger charge is 2.11. The molecule has 1 aromatic heterocycles. The van der Waals surface area contributed by atoms with E-state index in [1.165, 1.54) is 35.9 Å². The summed E-state index contributed by atoms with van der Waals surface area (Å²) in [4.78, 5) is 32.3. The van der Waals surface area contributed by atoms with E-state index in [0.717, 1.165) is 0 Å². The van der Waals surface area contributed by atoms with Crippen LogP contribution in [0.1, 0.15) is 0 Å². The molecule has 0 fully saturated rings. The number of benzene rings is 1. The molecule has 0 spiro atoms. The zero-order valence-corrected chi connectivity index (χ0v) is 10.0. The molecule has 0 aliphatic carbocycles. The number of ether oxygens (including phenoxy) is 1. The standard InChI is InChI=1S/C12H10N2O5/c1-13-10-3-2-9(14(17)18)6-8(10)7-11(12(13)16)19-5-4-15/h2-4,6-7H,5H2,1H3. The minimum atomic E-state index is -0.517. The lowest BCUT2D eigenvalue weighted by Crippen LogP contribution is -2.20. The van der Waals surface area contributed by atoms with Gasteiger partial charge in [-0.1, -0.05) is 0 Å². The summed E-state index contributed by atoms with van der Waals surface area (Å²) >= 11 is 0. The van der Waals surface area contributed by atoms with Crippen LogP contribution >= 0.6 is 0 Å². The van der Waals surface area contributed by atoms with Crippen LogP contribution < -0.4 is 10.3 Å². The molecule has 0 saturated heterocycles. The summed E-state index contributed by atoms with van der Waals surface area (Å²) in [5, 5.41) is 11.2. The number of rotatable bonds is 4. The second kappa shape index (κ2) is 4.89. The Morgan fingerprint density at radius 1 is 1.42 bits per heavy atom. The van der Waals surface area contributed by atoms with Crippen molar-refractivity contribution in [3.05, 3.63) is 44.7 Å². The van der Waals surface area contributed by atoms with Gasteiger partial charge < -0.3 is 9.30 Å². The van der Waals surface area contributed by atoms with Crippen molar-refractivity contribution in [2.75, 3.05) is 6.61 Å². The van der Waals surface area contributed by atoms with Gasteiger partial charge >= 0.3 is 0 Å². The fraction of sp³-hybridized carbons (Fsp3) is 0.167. The number of fused-ring (bicyclic) bond motifs is 1. The van der Waals surface area contributed by atoms with Crippen molar-refractivity contribution in [1.29, 1.82) is 0 Å². The number of aromatic nitrogens is 1. The topological polar surface area (TPSA) is 91.4 Å². The number of carbonyl (C=O) groups is 1. The molecule has 0 unspecified atom stereocenters. The Balaban J connectivity index is 2.66. The van der Waals surface area contributed by atoms with E-state index >= 15 is 0 Å². The number of aldehydes is 1. The third kappa shape index (κ3) is 2.30. The number of hydrogen-bond acceptors (Lipinski definition) is 5. The highest BCUT2D eigenvalue weighted by Crippen LogP contribution is 2.22. The lowest BCUT2D eigenvalue weighted by atomic mass is 10.2. The van der Waals surface area contributed by atoms with E-state index in [1.54, 1.807) is 0 Å². The summed E-state index contributed by atoms with van der Waals surface area (Å²) in [5.74, 6) is -0.0115. The highest BCUT2D eigenvalue weighted by molar-refractivity contribution is 5.82. The van der Waals surface area contributed by atoms with Gasteiger partial charge in [0, 0.05) is 24.6 Å². The van der Waals surface area contributed by atoms with Gasteiger partial charge in [0.05, 0.1) is 10.4 Å². The number of nitrogens with zero attached hydrogens (tertiary/aromatic N) is 2. The van der Waals surface area contributed by atoms with Gasteiger partial charge in [-0.05, 0) is 12.1 Å². The van der Waals surface area contributed by atoms with Gasteiger partial charge in [-0.15, -0.1) is 0 Å². The monoisotopic (exact) mass is 262 g/mol. The first-order valence-electron chi connectivity index (χ1n) is 5.39. The summed E-state index contributed by atoms with van der Waals surface area (Å²) in [6, 6.07) is 5.57. The molecule has 0 radical (unpaired) electrons. The molecule has 1 heterocycles. The van der Waals surface area contributed by atoms with Crippen molar-refractivity contribution in [3.63, 3.8) is 0 Å². The molecule has 0 aliphatic heterocycles. The van der Waals surface area contributed by atoms with Crippen LogP contribution in [0.3, 0.4) is 0 Å². The van der Waals surface area contributed by atoms with Gasteiger partial charge in [-0.2, -0.15) is 0 Å². The maximum atomic E-state index is 11.9. The van der Waals surface area contributed by atoms with Crippen molar-refractivity contribution in [2.45, 2.75) is 0 Å². The van der Waals surface area contributed by atoms with Crippen LogP contribution in [0.2, 0.25) is 0 Å². The average Bonchev–Trinajstić information content (AvgIpc) is 2.40. The van der Waals surface area contributed by atoms with Gasteiger partial charge in [0.2, 0.25) is 0 Å². The number of non-ortho nitro benzene ring substituents is 1. The van der Waals surface area contributed by atoms with E-state index in [9.17, 15) is 19.7 Å². The van der Waals surface area contributed by atoms with E-state index in [4.69, 9.17) is 4.74 Å². The second-order valence-corrected chi connectivity index (χ2v) is 3.85. The SMILES string of the molecule is Cn1c(=O)c(OCC=O)cc2cc([N+](=O)[O-])ccc21. The number of carbonyl (C=O) groups excluding carboxylic acids is 1. The van der Waals surface area contributed by atoms with Gasteiger partial charge in [-0.25, -0.2) is 0 Å². The molecule has 98 valence electrons. The predicted octanol–water partition coefficient (Wildman–Crippen LogP) is 1.02. The molecular formula is C12H10N2O5. The number of pyridine rings is 1. The van der Waals surface area contributed by atoms with Crippen molar-refractivity contribution in [3.8, 4) is 5.75 Å². The average molecular weight is 262 g/mol. The first-order valence-corrected chi connectivity index (χ1v) is 5.39. The normalized spacial score (nSPS) is 10.4. The molecule has 0 bridgehead atoms. The zero-order chi connectivity index (χ0) is 14.0. The summed E-state index contributed by atoms with van der Waals surface area (Å²) in [5.41, 5.74) is 0.0738. The molecule has 0 N–H and O–H groups in total. The molecular weight excluding hydrogens is 252 g/mol. The molecule has 1 aromatic carbocycles. The van der Waals surface area contributed by atoms with Crippen LogP contribution in [0.25, 0.3) is 10.9 Å². The number of nitro benzene ring substituents is 1. The summed E-state index contributed by atoms with van der Waals surface area (Å²) in [7, 11) is 1.53. The smallest absolute Gasteiger partial charge is 0.293 e. The van der Waals surface area contributed by atoms with E-state index in [1.807, 2.05) is 0 Å². The molecule has 0 saturated carbocycles. The molecule has 19 heavy (non-hydrogen) atoms. The molecule has 2 rings (SSSR count). The minimum absolute atomic E-state index is 0.0115. The molecule has 7 heteroatoms. The zero-order valence-electron chi connectivity index (χ0n) is 10.0. The Hall–Kier alpha value is -2.70. The Labute approximate surface area is 107 Å². The Kier molecular flexibility index (Phi) is 3.28. The molecule has 2 aromatic rings. The van der Waals surface area contributed by atoms with E-state index < -0.39 is 10.5 Å². The van der Waals surface area contributed by atoms with E-state index in [2.05, 4.69) is 0 Å². The largest absolute Gasteiger partial charge is 0.480 e. The van der Waals surface area contributed by atoms with Crippen molar-refractivity contribution in [2.24, 2.45) is 7.05 Å².